The van der Waals surface area contributed by atoms with Crippen LogP contribution in [-0.4, -0.2) is 26.1 Å². The fraction of sp³-hybridized carbons (Fsp3) is 0.533. The number of hydrogen-bond donors (Lipinski definition) is 1. The van der Waals surface area contributed by atoms with Crippen molar-refractivity contribution < 1.29 is 0 Å². The van der Waals surface area contributed by atoms with Gasteiger partial charge in [0.25, 0.3) is 0 Å². The van der Waals surface area contributed by atoms with Crippen molar-refractivity contribution in [1.82, 2.24) is 19.5 Å². The molecule has 6 heteroatoms. The number of rotatable bonds is 5. The largest absolute Gasteiger partial charge is 0.369 e. The first-order chi connectivity index (χ1) is 10.1. The molecular formula is C15H20BrN5. The van der Waals surface area contributed by atoms with Gasteiger partial charge < -0.3 is 9.88 Å². The molecular weight excluding hydrogens is 330 g/mol. The summed E-state index contributed by atoms with van der Waals surface area (Å²) in [4.78, 5) is 13.7. The zero-order valence-corrected chi connectivity index (χ0v) is 14.2. The standard InChI is InChI=1S/C15H20BrN5/c1-4-18-15-12(16)13(9(2)3)19-14(20-15)11-7-17-8-21(11)10-5-6-10/h7-10H,4-6H2,1-3H3,(H,18,19,20). The average molecular weight is 350 g/mol. The molecule has 0 spiro atoms. The van der Waals surface area contributed by atoms with Crippen molar-refractivity contribution in [3.05, 3.63) is 22.7 Å². The highest BCUT2D eigenvalue weighted by Gasteiger charge is 2.27. The zero-order chi connectivity index (χ0) is 15.0. The third-order valence-electron chi connectivity index (χ3n) is 3.60. The zero-order valence-electron chi connectivity index (χ0n) is 12.6. The van der Waals surface area contributed by atoms with Crippen LogP contribution in [0, 0.1) is 0 Å². The first-order valence-electron chi connectivity index (χ1n) is 7.45. The SMILES string of the molecule is CCNc1nc(-c2cncn2C2CC2)nc(C(C)C)c1Br. The van der Waals surface area contributed by atoms with Gasteiger partial charge in [-0.1, -0.05) is 13.8 Å². The van der Waals surface area contributed by atoms with Crippen molar-refractivity contribution in [3.63, 3.8) is 0 Å². The average Bonchev–Trinajstić information content (AvgIpc) is 3.18. The Morgan fingerprint density at radius 2 is 2.14 bits per heavy atom. The highest BCUT2D eigenvalue weighted by atomic mass is 79.9. The summed E-state index contributed by atoms with van der Waals surface area (Å²) in [6.45, 7) is 7.18. The minimum absolute atomic E-state index is 0.329. The second-order valence-electron chi connectivity index (χ2n) is 5.70. The number of anilines is 1. The van der Waals surface area contributed by atoms with E-state index >= 15 is 0 Å². The maximum atomic E-state index is 4.77. The van der Waals surface area contributed by atoms with Gasteiger partial charge in [-0.25, -0.2) is 15.0 Å². The molecule has 5 nitrogen and oxygen atoms in total. The summed E-state index contributed by atoms with van der Waals surface area (Å²) in [6.07, 6.45) is 6.19. The van der Waals surface area contributed by atoms with Crippen LogP contribution in [0.15, 0.2) is 17.0 Å². The number of nitrogens with one attached hydrogen (secondary N) is 1. The molecule has 1 aliphatic carbocycles. The lowest BCUT2D eigenvalue weighted by molar-refractivity contribution is 0.739. The number of nitrogens with zero attached hydrogens (tertiary/aromatic N) is 4. The van der Waals surface area contributed by atoms with Crippen LogP contribution in [0.4, 0.5) is 5.82 Å². The van der Waals surface area contributed by atoms with E-state index < -0.39 is 0 Å². The smallest absolute Gasteiger partial charge is 0.180 e. The molecule has 2 aromatic rings. The molecule has 1 N–H and O–H groups in total. The summed E-state index contributed by atoms with van der Waals surface area (Å²) in [5.41, 5.74) is 2.03. The van der Waals surface area contributed by atoms with Gasteiger partial charge in [-0.15, -0.1) is 0 Å². The molecule has 2 heterocycles. The van der Waals surface area contributed by atoms with Crippen LogP contribution in [0.2, 0.25) is 0 Å². The summed E-state index contributed by atoms with van der Waals surface area (Å²) < 4.78 is 3.16. The van der Waals surface area contributed by atoms with Crippen LogP contribution in [0.1, 0.15) is 51.3 Å². The number of imidazole rings is 1. The lowest BCUT2D eigenvalue weighted by Crippen LogP contribution is -2.08. The summed E-state index contributed by atoms with van der Waals surface area (Å²) in [5.74, 6) is 1.94. The second-order valence-corrected chi connectivity index (χ2v) is 6.49. The second kappa shape index (κ2) is 5.75. The van der Waals surface area contributed by atoms with Crippen molar-refractivity contribution in [1.29, 1.82) is 0 Å². The first kappa shape index (κ1) is 14.5. The van der Waals surface area contributed by atoms with Gasteiger partial charge >= 0.3 is 0 Å². The molecule has 0 atom stereocenters. The van der Waals surface area contributed by atoms with Gasteiger partial charge in [0.15, 0.2) is 5.82 Å². The molecule has 2 aromatic heterocycles. The quantitative estimate of drug-likeness (QED) is 0.886. The molecule has 21 heavy (non-hydrogen) atoms. The minimum atomic E-state index is 0.329. The summed E-state index contributed by atoms with van der Waals surface area (Å²) in [5, 5.41) is 3.31. The van der Waals surface area contributed by atoms with Gasteiger partial charge in [-0.2, -0.15) is 0 Å². The predicted octanol–water partition coefficient (Wildman–Crippen LogP) is 3.99. The topological polar surface area (TPSA) is 55.6 Å². The van der Waals surface area contributed by atoms with Crippen LogP contribution >= 0.6 is 15.9 Å². The minimum Gasteiger partial charge on any atom is -0.369 e. The number of halogens is 1. The normalized spacial score (nSPS) is 14.7. The Labute approximate surface area is 133 Å². The fourth-order valence-corrected chi connectivity index (χ4v) is 3.14. The van der Waals surface area contributed by atoms with Crippen LogP contribution in [0.5, 0.6) is 0 Å². The summed E-state index contributed by atoms with van der Waals surface area (Å²) in [6, 6.07) is 0.569. The van der Waals surface area contributed by atoms with Crippen LogP contribution in [-0.2, 0) is 0 Å². The van der Waals surface area contributed by atoms with Crippen molar-refractivity contribution in [3.8, 4) is 11.5 Å². The Kier molecular flexibility index (Phi) is 3.97. The Morgan fingerprint density at radius 1 is 1.38 bits per heavy atom. The molecule has 0 aliphatic heterocycles. The van der Waals surface area contributed by atoms with Gasteiger partial charge in [-0.05, 0) is 41.6 Å². The summed E-state index contributed by atoms with van der Waals surface area (Å²) >= 11 is 3.63. The Bertz CT molecular complexity index is 646. The summed E-state index contributed by atoms with van der Waals surface area (Å²) in [7, 11) is 0. The lowest BCUT2D eigenvalue weighted by Gasteiger charge is -2.15. The molecule has 112 valence electrons. The molecule has 0 saturated heterocycles. The molecule has 0 unspecified atom stereocenters. The highest BCUT2D eigenvalue weighted by molar-refractivity contribution is 9.10. The van der Waals surface area contributed by atoms with E-state index in [4.69, 9.17) is 4.98 Å². The van der Waals surface area contributed by atoms with Crippen molar-refractivity contribution >= 4 is 21.7 Å². The predicted molar refractivity (Wildman–Crippen MR) is 87.5 cm³/mol. The van der Waals surface area contributed by atoms with E-state index in [9.17, 15) is 0 Å². The van der Waals surface area contributed by atoms with Crippen LogP contribution in [0.3, 0.4) is 0 Å². The van der Waals surface area contributed by atoms with E-state index in [2.05, 4.69) is 56.6 Å². The molecule has 1 fully saturated rings. The maximum Gasteiger partial charge on any atom is 0.180 e. The molecule has 0 radical (unpaired) electrons. The highest BCUT2D eigenvalue weighted by Crippen LogP contribution is 2.38. The third-order valence-corrected chi connectivity index (χ3v) is 4.39. The van der Waals surface area contributed by atoms with Crippen molar-refractivity contribution in [2.45, 2.75) is 45.6 Å². The van der Waals surface area contributed by atoms with E-state index in [1.807, 2.05) is 12.5 Å². The van der Waals surface area contributed by atoms with Gasteiger partial charge in [0.05, 0.1) is 22.7 Å². The number of hydrogen-bond acceptors (Lipinski definition) is 4. The lowest BCUT2D eigenvalue weighted by atomic mass is 10.1. The van der Waals surface area contributed by atoms with E-state index in [-0.39, 0.29) is 0 Å². The van der Waals surface area contributed by atoms with Gasteiger partial charge in [0, 0.05) is 12.6 Å². The Hall–Kier alpha value is -1.43. The van der Waals surface area contributed by atoms with Crippen molar-refractivity contribution in [2.24, 2.45) is 0 Å². The van der Waals surface area contributed by atoms with Crippen LogP contribution < -0.4 is 5.32 Å². The van der Waals surface area contributed by atoms with E-state index in [0.717, 1.165) is 34.0 Å². The fourth-order valence-electron chi connectivity index (χ4n) is 2.37. The van der Waals surface area contributed by atoms with Gasteiger partial charge in [-0.3, -0.25) is 0 Å². The number of aromatic nitrogens is 4. The van der Waals surface area contributed by atoms with Crippen molar-refractivity contribution in [2.75, 3.05) is 11.9 Å². The molecule has 3 rings (SSSR count). The van der Waals surface area contributed by atoms with E-state index in [1.165, 1.54) is 12.8 Å². The maximum absolute atomic E-state index is 4.77. The monoisotopic (exact) mass is 349 g/mol. The third kappa shape index (κ3) is 2.81. The van der Waals surface area contributed by atoms with E-state index in [1.54, 1.807) is 0 Å². The van der Waals surface area contributed by atoms with Crippen LogP contribution in [0.25, 0.3) is 11.5 Å². The molecule has 0 bridgehead atoms. The first-order valence-corrected chi connectivity index (χ1v) is 8.24. The Balaban J connectivity index is 2.10. The molecule has 1 saturated carbocycles. The van der Waals surface area contributed by atoms with E-state index in [0.29, 0.717) is 12.0 Å². The molecule has 0 amide bonds. The van der Waals surface area contributed by atoms with Gasteiger partial charge in [0.2, 0.25) is 0 Å². The molecule has 1 aliphatic rings. The molecule has 0 aromatic carbocycles. The Morgan fingerprint density at radius 3 is 2.76 bits per heavy atom. The van der Waals surface area contributed by atoms with Gasteiger partial charge in [0.1, 0.15) is 11.5 Å².